The van der Waals surface area contributed by atoms with Crippen LogP contribution >= 0.6 is 0 Å². The van der Waals surface area contributed by atoms with Crippen molar-refractivity contribution in [2.45, 2.75) is 26.4 Å². The maximum Gasteiger partial charge on any atom is 0.244 e. The third-order valence-corrected chi connectivity index (χ3v) is 3.66. The van der Waals surface area contributed by atoms with Gasteiger partial charge in [-0.05, 0) is 32.1 Å². The lowest BCUT2D eigenvalue weighted by Gasteiger charge is -2.11. The summed E-state index contributed by atoms with van der Waals surface area (Å²) in [6, 6.07) is 3.86. The van der Waals surface area contributed by atoms with Gasteiger partial charge in [-0.2, -0.15) is 0 Å². The molecule has 2 rings (SSSR count). The first kappa shape index (κ1) is 17.8. The SMILES string of the molecule is CCOc1cc2c(cc1/C=C/C(=O)NCC(=O)N(C)C)O[C@H](C)C2. The van der Waals surface area contributed by atoms with Crippen molar-refractivity contribution in [3.05, 3.63) is 29.3 Å². The number of carbonyl (C=O) groups excluding carboxylic acids is 2. The zero-order valence-corrected chi connectivity index (χ0v) is 14.6. The highest BCUT2D eigenvalue weighted by Gasteiger charge is 2.21. The average Bonchev–Trinajstić information content (AvgIpc) is 2.89. The zero-order valence-electron chi connectivity index (χ0n) is 14.6. The molecule has 0 aromatic heterocycles. The van der Waals surface area contributed by atoms with E-state index < -0.39 is 0 Å². The van der Waals surface area contributed by atoms with Crippen LogP contribution in [0.2, 0.25) is 0 Å². The van der Waals surface area contributed by atoms with Crippen molar-refractivity contribution in [2.24, 2.45) is 0 Å². The lowest BCUT2D eigenvalue weighted by molar-refractivity contribution is -0.129. The molecule has 0 saturated heterocycles. The van der Waals surface area contributed by atoms with Gasteiger partial charge in [0, 0.05) is 37.7 Å². The Hall–Kier alpha value is -2.50. The minimum absolute atomic E-state index is 0.0285. The molecule has 1 heterocycles. The number of benzene rings is 1. The Morgan fingerprint density at radius 2 is 2.17 bits per heavy atom. The van der Waals surface area contributed by atoms with Crippen LogP contribution in [0.1, 0.15) is 25.0 Å². The van der Waals surface area contributed by atoms with Crippen LogP contribution in [0, 0.1) is 0 Å². The minimum Gasteiger partial charge on any atom is -0.493 e. The molecule has 1 atom stereocenters. The molecule has 0 aliphatic carbocycles. The summed E-state index contributed by atoms with van der Waals surface area (Å²) in [5.74, 6) is 1.06. The summed E-state index contributed by atoms with van der Waals surface area (Å²) >= 11 is 0. The van der Waals surface area contributed by atoms with Crippen LogP contribution in [-0.4, -0.2) is 50.1 Å². The third-order valence-electron chi connectivity index (χ3n) is 3.66. The van der Waals surface area contributed by atoms with Gasteiger partial charge in [0.2, 0.25) is 11.8 Å². The van der Waals surface area contributed by atoms with Gasteiger partial charge < -0.3 is 19.7 Å². The number of ether oxygens (including phenoxy) is 2. The van der Waals surface area contributed by atoms with Crippen molar-refractivity contribution in [2.75, 3.05) is 27.2 Å². The Labute approximate surface area is 142 Å². The van der Waals surface area contributed by atoms with E-state index in [4.69, 9.17) is 9.47 Å². The lowest BCUT2D eigenvalue weighted by atomic mass is 10.1. The number of likely N-dealkylation sites (N-methyl/N-ethyl adjacent to an activating group) is 1. The van der Waals surface area contributed by atoms with Gasteiger partial charge in [0.25, 0.3) is 0 Å². The largest absolute Gasteiger partial charge is 0.493 e. The summed E-state index contributed by atoms with van der Waals surface area (Å²) in [6.07, 6.45) is 4.07. The molecule has 1 aliphatic rings. The summed E-state index contributed by atoms with van der Waals surface area (Å²) in [5.41, 5.74) is 1.89. The van der Waals surface area contributed by atoms with E-state index in [0.29, 0.717) is 6.61 Å². The van der Waals surface area contributed by atoms with Gasteiger partial charge in [-0.25, -0.2) is 0 Å². The van der Waals surface area contributed by atoms with Gasteiger partial charge in [0.1, 0.15) is 17.6 Å². The number of rotatable bonds is 6. The van der Waals surface area contributed by atoms with Crippen LogP contribution < -0.4 is 14.8 Å². The van der Waals surface area contributed by atoms with Crippen molar-refractivity contribution < 1.29 is 19.1 Å². The molecular formula is C18H24N2O4. The van der Waals surface area contributed by atoms with Crippen molar-refractivity contribution in [3.63, 3.8) is 0 Å². The first-order chi connectivity index (χ1) is 11.4. The summed E-state index contributed by atoms with van der Waals surface area (Å²) in [7, 11) is 3.29. The van der Waals surface area contributed by atoms with Crippen LogP contribution in [0.3, 0.4) is 0 Å². The first-order valence-corrected chi connectivity index (χ1v) is 8.03. The zero-order chi connectivity index (χ0) is 17.7. The Morgan fingerprint density at radius 1 is 1.42 bits per heavy atom. The van der Waals surface area contributed by atoms with E-state index in [1.807, 2.05) is 26.0 Å². The molecular weight excluding hydrogens is 308 g/mol. The normalized spacial score (nSPS) is 15.8. The Kier molecular flexibility index (Phi) is 5.84. The summed E-state index contributed by atoms with van der Waals surface area (Å²) in [4.78, 5) is 24.8. The van der Waals surface area contributed by atoms with Crippen LogP contribution in [0.25, 0.3) is 6.08 Å². The molecule has 0 radical (unpaired) electrons. The predicted molar refractivity (Wildman–Crippen MR) is 92.1 cm³/mol. The number of nitrogens with one attached hydrogen (secondary N) is 1. The number of hydrogen-bond donors (Lipinski definition) is 1. The Morgan fingerprint density at radius 3 is 2.83 bits per heavy atom. The molecule has 24 heavy (non-hydrogen) atoms. The van der Waals surface area contributed by atoms with Gasteiger partial charge >= 0.3 is 0 Å². The monoisotopic (exact) mass is 332 g/mol. The summed E-state index contributed by atoms with van der Waals surface area (Å²) in [6.45, 7) is 4.45. The van der Waals surface area contributed by atoms with Crippen molar-refractivity contribution in [3.8, 4) is 11.5 Å². The van der Waals surface area contributed by atoms with Crippen LogP contribution in [-0.2, 0) is 16.0 Å². The summed E-state index contributed by atoms with van der Waals surface area (Å²) in [5, 5.41) is 2.56. The van der Waals surface area contributed by atoms with Gasteiger partial charge in [0.15, 0.2) is 0 Å². The molecule has 0 saturated carbocycles. The number of carbonyl (C=O) groups is 2. The number of hydrogen-bond acceptors (Lipinski definition) is 4. The maximum absolute atomic E-state index is 11.9. The molecule has 1 aromatic carbocycles. The second-order valence-electron chi connectivity index (χ2n) is 5.90. The summed E-state index contributed by atoms with van der Waals surface area (Å²) < 4.78 is 11.4. The highest BCUT2D eigenvalue weighted by Crippen LogP contribution is 2.35. The molecule has 1 aliphatic heterocycles. The van der Waals surface area contributed by atoms with Gasteiger partial charge in [0.05, 0.1) is 13.2 Å². The Bertz CT molecular complexity index is 653. The smallest absolute Gasteiger partial charge is 0.244 e. The average molecular weight is 332 g/mol. The highest BCUT2D eigenvalue weighted by molar-refractivity contribution is 5.94. The molecule has 0 spiro atoms. The molecule has 0 bridgehead atoms. The fourth-order valence-electron chi connectivity index (χ4n) is 2.41. The van der Waals surface area contributed by atoms with Crippen molar-refractivity contribution in [1.82, 2.24) is 10.2 Å². The van der Waals surface area contributed by atoms with E-state index in [1.54, 1.807) is 20.2 Å². The number of amides is 2. The maximum atomic E-state index is 11.9. The molecule has 1 aromatic rings. The van der Waals surface area contributed by atoms with Crippen molar-refractivity contribution in [1.29, 1.82) is 0 Å². The first-order valence-electron chi connectivity index (χ1n) is 8.03. The standard InChI is InChI=1S/C18H24N2O4/c1-5-23-15-10-14-8-12(2)24-16(14)9-13(15)6-7-17(21)19-11-18(22)20(3)4/h6-7,9-10,12H,5,8,11H2,1-4H3,(H,19,21)/b7-6+/t12-/m1/s1. The van der Waals surface area contributed by atoms with E-state index in [1.165, 1.54) is 11.0 Å². The van der Waals surface area contributed by atoms with Gasteiger partial charge in [-0.1, -0.05) is 0 Å². The Balaban J connectivity index is 2.09. The van der Waals surface area contributed by atoms with Crippen LogP contribution in [0.15, 0.2) is 18.2 Å². The molecule has 0 unspecified atom stereocenters. The molecule has 2 amide bonds. The topological polar surface area (TPSA) is 67.9 Å². The fraction of sp³-hybridized carbons (Fsp3) is 0.444. The number of nitrogens with zero attached hydrogens (tertiary/aromatic N) is 1. The van der Waals surface area contributed by atoms with E-state index >= 15 is 0 Å². The van der Waals surface area contributed by atoms with Crippen LogP contribution in [0.4, 0.5) is 0 Å². The van der Waals surface area contributed by atoms with Crippen molar-refractivity contribution >= 4 is 17.9 Å². The van der Waals surface area contributed by atoms with E-state index in [-0.39, 0.29) is 24.5 Å². The lowest BCUT2D eigenvalue weighted by Crippen LogP contribution is -2.35. The van der Waals surface area contributed by atoms with E-state index in [0.717, 1.165) is 29.0 Å². The number of fused-ring (bicyclic) bond motifs is 1. The quantitative estimate of drug-likeness (QED) is 0.804. The molecule has 130 valence electrons. The van der Waals surface area contributed by atoms with E-state index in [2.05, 4.69) is 5.32 Å². The molecule has 6 heteroatoms. The van der Waals surface area contributed by atoms with E-state index in [9.17, 15) is 9.59 Å². The third kappa shape index (κ3) is 4.50. The highest BCUT2D eigenvalue weighted by atomic mass is 16.5. The van der Waals surface area contributed by atoms with Gasteiger partial charge in [-0.3, -0.25) is 9.59 Å². The second-order valence-corrected chi connectivity index (χ2v) is 5.90. The van der Waals surface area contributed by atoms with Gasteiger partial charge in [-0.15, -0.1) is 0 Å². The fourth-order valence-corrected chi connectivity index (χ4v) is 2.41. The minimum atomic E-state index is -0.331. The molecule has 0 fully saturated rings. The second kappa shape index (κ2) is 7.86. The predicted octanol–water partition coefficient (Wildman–Crippen LogP) is 1.63. The molecule has 6 nitrogen and oxygen atoms in total. The van der Waals surface area contributed by atoms with Crippen LogP contribution in [0.5, 0.6) is 11.5 Å². The molecule has 1 N–H and O–H groups in total.